The number of halogens is 1. The molecule has 2 aromatic rings. The Morgan fingerprint density at radius 3 is 2.44 bits per heavy atom. The maximum Gasteiger partial charge on any atom is 0.0743 e. The first-order chi connectivity index (χ1) is 12.8. The van der Waals surface area contributed by atoms with Crippen molar-refractivity contribution in [1.82, 2.24) is 9.78 Å². The summed E-state index contributed by atoms with van der Waals surface area (Å²) in [5.41, 5.74) is 7.27. The summed E-state index contributed by atoms with van der Waals surface area (Å²) in [5, 5.41) is 4.70. The topological polar surface area (TPSA) is 17.8 Å². The van der Waals surface area contributed by atoms with Crippen LogP contribution < -0.4 is 0 Å². The molecule has 0 N–H and O–H groups in total. The van der Waals surface area contributed by atoms with E-state index in [2.05, 4.69) is 93.0 Å². The molecule has 0 bridgehead atoms. The van der Waals surface area contributed by atoms with Gasteiger partial charge in [0.15, 0.2) is 0 Å². The van der Waals surface area contributed by atoms with Gasteiger partial charge in [-0.15, -0.1) is 11.8 Å². The van der Waals surface area contributed by atoms with Crippen LogP contribution in [0.15, 0.2) is 57.4 Å². The summed E-state index contributed by atoms with van der Waals surface area (Å²) in [5.74, 6) is 1.00. The second-order valence-electron chi connectivity index (χ2n) is 6.74. The van der Waals surface area contributed by atoms with Crippen LogP contribution in [0.5, 0.6) is 0 Å². The van der Waals surface area contributed by atoms with E-state index in [1.54, 1.807) is 0 Å². The van der Waals surface area contributed by atoms with Gasteiger partial charge in [0.2, 0.25) is 0 Å². The predicted molar refractivity (Wildman–Crippen MR) is 124 cm³/mol. The number of hydrogen-bond acceptors (Lipinski definition) is 2. The van der Waals surface area contributed by atoms with Crippen molar-refractivity contribution >= 4 is 33.4 Å². The van der Waals surface area contributed by atoms with Gasteiger partial charge in [-0.2, -0.15) is 5.10 Å². The Hall–Kier alpha value is -1.52. The molecule has 0 fully saturated rings. The lowest BCUT2D eigenvalue weighted by Gasteiger charge is -2.11. The monoisotopic (exact) mass is 444 g/mol. The average Bonchev–Trinajstić information content (AvgIpc) is 2.90. The average molecular weight is 445 g/mol. The number of hydrogen-bond donors (Lipinski definition) is 0. The van der Waals surface area contributed by atoms with Gasteiger partial charge in [0, 0.05) is 5.75 Å². The van der Waals surface area contributed by atoms with Crippen molar-refractivity contribution in [2.75, 3.05) is 0 Å². The number of aryl methyl sites for hydroxylation is 2. The van der Waals surface area contributed by atoms with Crippen LogP contribution in [0.2, 0.25) is 0 Å². The van der Waals surface area contributed by atoms with Crippen molar-refractivity contribution in [2.24, 2.45) is 0 Å². The molecule has 0 amide bonds. The molecular formula is C23H29BrN2S. The van der Waals surface area contributed by atoms with E-state index >= 15 is 0 Å². The van der Waals surface area contributed by atoms with Gasteiger partial charge in [-0.1, -0.05) is 49.4 Å². The summed E-state index contributed by atoms with van der Waals surface area (Å²) in [6.07, 6.45) is 7.62. The quantitative estimate of drug-likeness (QED) is 0.408. The van der Waals surface area contributed by atoms with E-state index in [4.69, 9.17) is 5.10 Å². The molecule has 0 saturated heterocycles. The summed E-state index contributed by atoms with van der Waals surface area (Å²) in [4.78, 5) is 1.31. The van der Waals surface area contributed by atoms with Crippen LogP contribution in [-0.2, 0) is 5.75 Å². The normalized spacial score (nSPS) is 13.4. The third kappa shape index (κ3) is 5.73. The van der Waals surface area contributed by atoms with E-state index in [0.717, 1.165) is 33.7 Å². The minimum Gasteiger partial charge on any atom is -0.237 e. The van der Waals surface area contributed by atoms with Crippen LogP contribution >= 0.6 is 27.7 Å². The fraction of sp³-hybridized carbons (Fsp3) is 0.348. The highest BCUT2D eigenvalue weighted by Gasteiger charge is 2.12. The molecule has 1 heterocycles. The van der Waals surface area contributed by atoms with Crippen LogP contribution in [-0.4, -0.2) is 9.78 Å². The van der Waals surface area contributed by atoms with E-state index < -0.39 is 0 Å². The molecule has 2 rings (SSSR count). The van der Waals surface area contributed by atoms with Crippen molar-refractivity contribution in [3.63, 3.8) is 0 Å². The molecule has 2 nitrogen and oxygen atoms in total. The minimum absolute atomic E-state index is 0.973. The third-order valence-electron chi connectivity index (χ3n) is 4.52. The largest absolute Gasteiger partial charge is 0.237 e. The number of aromatic nitrogens is 2. The Bertz CT molecular complexity index is 888. The van der Waals surface area contributed by atoms with Crippen molar-refractivity contribution in [1.29, 1.82) is 0 Å². The number of benzene rings is 1. The minimum atomic E-state index is 0.973. The van der Waals surface area contributed by atoms with Crippen LogP contribution in [0.1, 0.15) is 49.7 Å². The van der Waals surface area contributed by atoms with E-state index in [1.807, 2.05) is 23.4 Å². The zero-order chi connectivity index (χ0) is 20.0. The summed E-state index contributed by atoms with van der Waals surface area (Å²) in [6, 6.07) is 8.59. The first kappa shape index (κ1) is 21.8. The highest BCUT2D eigenvalue weighted by atomic mass is 79.9. The number of rotatable bonds is 7. The molecule has 0 unspecified atom stereocenters. The number of thioether (sulfide) groups is 1. The Labute approximate surface area is 176 Å². The highest BCUT2D eigenvalue weighted by molar-refractivity contribution is 9.10. The van der Waals surface area contributed by atoms with Gasteiger partial charge in [0.25, 0.3) is 0 Å². The molecule has 0 aliphatic carbocycles. The third-order valence-corrected chi connectivity index (χ3v) is 6.71. The van der Waals surface area contributed by atoms with Gasteiger partial charge in [-0.05, 0) is 78.6 Å². The maximum absolute atomic E-state index is 4.70. The van der Waals surface area contributed by atoms with Crippen molar-refractivity contribution in [3.8, 4) is 0 Å². The summed E-state index contributed by atoms with van der Waals surface area (Å²) in [6.45, 7) is 12.8. The zero-order valence-corrected chi connectivity index (χ0v) is 19.5. The molecule has 0 aliphatic rings. The van der Waals surface area contributed by atoms with Crippen molar-refractivity contribution in [2.45, 2.75) is 53.7 Å². The van der Waals surface area contributed by atoms with Gasteiger partial charge in [0.1, 0.15) is 0 Å². The van der Waals surface area contributed by atoms with Crippen molar-refractivity contribution in [3.05, 3.63) is 80.0 Å². The van der Waals surface area contributed by atoms with Crippen LogP contribution in [0, 0.1) is 20.8 Å². The van der Waals surface area contributed by atoms with Crippen LogP contribution in [0.25, 0.3) is 5.70 Å². The smallest absolute Gasteiger partial charge is 0.0743 e. The Morgan fingerprint density at radius 2 is 1.85 bits per heavy atom. The van der Waals surface area contributed by atoms with E-state index in [1.165, 1.54) is 21.6 Å². The SMILES string of the molecule is CCC=C(/C(C)=C/C=C(\C)SCc1ccccc1C)n1nc(C)c(Br)c1C. The van der Waals surface area contributed by atoms with Crippen LogP contribution in [0.4, 0.5) is 0 Å². The molecule has 0 atom stereocenters. The van der Waals surface area contributed by atoms with Gasteiger partial charge in [-0.25, -0.2) is 4.68 Å². The fourth-order valence-electron chi connectivity index (χ4n) is 2.81. The second kappa shape index (κ2) is 10.1. The van der Waals surface area contributed by atoms with Gasteiger partial charge in [0.05, 0.1) is 21.6 Å². The molecule has 0 radical (unpaired) electrons. The number of nitrogens with zero attached hydrogens (tertiary/aromatic N) is 2. The summed E-state index contributed by atoms with van der Waals surface area (Å²) < 4.78 is 3.12. The second-order valence-corrected chi connectivity index (χ2v) is 8.75. The van der Waals surface area contributed by atoms with Gasteiger partial charge in [-0.3, -0.25) is 0 Å². The lowest BCUT2D eigenvalue weighted by molar-refractivity contribution is 0.846. The lowest BCUT2D eigenvalue weighted by atomic mass is 10.1. The van der Waals surface area contributed by atoms with E-state index in [9.17, 15) is 0 Å². The molecule has 0 saturated carbocycles. The summed E-state index contributed by atoms with van der Waals surface area (Å²) in [7, 11) is 0. The summed E-state index contributed by atoms with van der Waals surface area (Å²) >= 11 is 5.52. The van der Waals surface area contributed by atoms with Gasteiger partial charge < -0.3 is 0 Å². The predicted octanol–water partition coefficient (Wildman–Crippen LogP) is 7.61. The first-order valence-corrected chi connectivity index (χ1v) is 11.1. The van der Waals surface area contributed by atoms with Gasteiger partial charge >= 0.3 is 0 Å². The molecule has 144 valence electrons. The van der Waals surface area contributed by atoms with Crippen LogP contribution in [0.3, 0.4) is 0 Å². The molecule has 0 spiro atoms. The molecule has 1 aromatic carbocycles. The number of allylic oxidation sites excluding steroid dienone is 6. The molecule has 27 heavy (non-hydrogen) atoms. The maximum atomic E-state index is 4.70. The molecular weight excluding hydrogens is 416 g/mol. The molecule has 4 heteroatoms. The van der Waals surface area contributed by atoms with E-state index in [0.29, 0.717) is 0 Å². The van der Waals surface area contributed by atoms with Crippen molar-refractivity contribution < 1.29 is 0 Å². The lowest BCUT2D eigenvalue weighted by Crippen LogP contribution is -2.03. The van der Waals surface area contributed by atoms with E-state index in [-0.39, 0.29) is 0 Å². The standard InChI is InChI=1S/C23H29BrN2S/c1-7-10-22(26-20(6)23(24)19(5)25-26)17(3)13-14-18(4)27-15-21-12-9-8-11-16(21)2/h8-14H,7,15H2,1-6H3/b17-13+,18-14+,22-10?. The highest BCUT2D eigenvalue weighted by Crippen LogP contribution is 2.27. The molecule has 0 aliphatic heterocycles. The Morgan fingerprint density at radius 1 is 1.15 bits per heavy atom. The fourth-order valence-corrected chi connectivity index (χ4v) is 3.92. The molecule has 1 aromatic heterocycles. The Balaban J connectivity index is 2.17. The zero-order valence-electron chi connectivity index (χ0n) is 17.1. The Kier molecular flexibility index (Phi) is 8.18. The first-order valence-electron chi connectivity index (χ1n) is 9.30.